The van der Waals surface area contributed by atoms with Crippen molar-refractivity contribution in [1.29, 1.82) is 0 Å². The number of nitrogens with zero attached hydrogens (tertiary/aromatic N) is 4. The van der Waals surface area contributed by atoms with E-state index in [-0.39, 0.29) is 5.92 Å². The van der Waals surface area contributed by atoms with E-state index in [0.29, 0.717) is 4.90 Å². The largest absolute Gasteiger partial charge is 0.297 e. The molecule has 3 rings (SSSR count). The predicted molar refractivity (Wildman–Crippen MR) is 82.3 cm³/mol. The first kappa shape index (κ1) is 15.2. The lowest BCUT2D eigenvalue weighted by molar-refractivity contribution is 0.315. The van der Waals surface area contributed by atoms with E-state index in [1.165, 1.54) is 23.7 Å². The van der Waals surface area contributed by atoms with Gasteiger partial charge in [-0.15, -0.1) is 0 Å². The number of aromatic nitrogens is 4. The highest BCUT2D eigenvalue weighted by atomic mass is 32.2. The Labute approximate surface area is 130 Å². The van der Waals surface area contributed by atoms with Crippen LogP contribution in [0.3, 0.4) is 0 Å². The zero-order valence-corrected chi connectivity index (χ0v) is 13.9. The van der Waals surface area contributed by atoms with Crippen molar-refractivity contribution in [3.05, 3.63) is 29.3 Å². The summed E-state index contributed by atoms with van der Waals surface area (Å²) in [4.78, 5) is 2.66. The van der Waals surface area contributed by atoms with Crippen molar-refractivity contribution < 1.29 is 8.42 Å². The monoisotopic (exact) mass is 323 g/mol. The SMILES string of the molecule is Cc1cnn(C)c1CN1CC[C@@H](c2[nH]ncc2S(C)(=O)=O)C1. The molecule has 1 atom stereocenters. The lowest BCUT2D eigenvalue weighted by atomic mass is 10.1. The summed E-state index contributed by atoms with van der Waals surface area (Å²) in [6.07, 6.45) is 5.45. The standard InChI is InChI=1S/C14H21N5O2S/c1-10-6-16-18(2)12(10)9-19-5-4-11(8-19)14-13(7-15-17-14)22(3,20)21/h6-7,11H,4-5,8-9H2,1-3H3,(H,15,17)/t11-/m1/s1. The fourth-order valence-corrected chi connectivity index (χ4v) is 3.95. The van der Waals surface area contributed by atoms with Crippen molar-refractivity contribution >= 4 is 9.84 Å². The van der Waals surface area contributed by atoms with Crippen LogP contribution < -0.4 is 0 Å². The van der Waals surface area contributed by atoms with E-state index in [2.05, 4.69) is 27.1 Å². The van der Waals surface area contributed by atoms with Gasteiger partial charge in [-0.25, -0.2) is 8.42 Å². The summed E-state index contributed by atoms with van der Waals surface area (Å²) in [5, 5.41) is 11.1. The molecule has 8 heteroatoms. The maximum atomic E-state index is 11.8. The van der Waals surface area contributed by atoms with Crippen LogP contribution in [0, 0.1) is 6.92 Å². The number of H-pyrrole nitrogens is 1. The lowest BCUT2D eigenvalue weighted by Gasteiger charge is -2.16. The van der Waals surface area contributed by atoms with Crippen LogP contribution in [-0.2, 0) is 23.4 Å². The van der Waals surface area contributed by atoms with Crippen LogP contribution >= 0.6 is 0 Å². The third-order valence-electron chi connectivity index (χ3n) is 4.36. The molecule has 120 valence electrons. The third-order valence-corrected chi connectivity index (χ3v) is 5.48. The van der Waals surface area contributed by atoms with Gasteiger partial charge in [-0.1, -0.05) is 0 Å². The Morgan fingerprint density at radius 2 is 2.18 bits per heavy atom. The molecule has 0 aliphatic carbocycles. The van der Waals surface area contributed by atoms with Crippen LogP contribution in [0.4, 0.5) is 0 Å². The number of hydrogen-bond acceptors (Lipinski definition) is 5. The first-order chi connectivity index (χ1) is 10.4. The maximum absolute atomic E-state index is 11.8. The van der Waals surface area contributed by atoms with Gasteiger partial charge in [0.25, 0.3) is 0 Å². The van der Waals surface area contributed by atoms with Gasteiger partial charge >= 0.3 is 0 Å². The fourth-order valence-electron chi connectivity index (χ4n) is 3.10. The average molecular weight is 323 g/mol. The Morgan fingerprint density at radius 3 is 2.82 bits per heavy atom. The molecule has 2 aromatic heterocycles. The summed E-state index contributed by atoms with van der Waals surface area (Å²) in [5.74, 6) is 0.181. The van der Waals surface area contributed by atoms with Gasteiger partial charge in [0.15, 0.2) is 9.84 Å². The summed E-state index contributed by atoms with van der Waals surface area (Å²) < 4.78 is 25.5. The summed E-state index contributed by atoms with van der Waals surface area (Å²) in [6.45, 7) is 4.67. The molecule has 1 fully saturated rings. The third kappa shape index (κ3) is 2.80. The molecule has 1 aliphatic heterocycles. The summed E-state index contributed by atoms with van der Waals surface area (Å²) in [6, 6.07) is 0. The fraction of sp³-hybridized carbons (Fsp3) is 0.571. The Kier molecular flexibility index (Phi) is 3.82. The normalized spacial score (nSPS) is 19.9. The van der Waals surface area contributed by atoms with Gasteiger partial charge in [0.1, 0.15) is 4.90 Å². The highest BCUT2D eigenvalue weighted by molar-refractivity contribution is 7.90. The van der Waals surface area contributed by atoms with Gasteiger partial charge in [-0.3, -0.25) is 14.7 Å². The van der Waals surface area contributed by atoms with Crippen LogP contribution in [-0.4, -0.2) is 52.6 Å². The smallest absolute Gasteiger partial charge is 0.178 e. The molecule has 0 unspecified atom stereocenters. The van der Waals surface area contributed by atoms with Crippen LogP contribution in [0.2, 0.25) is 0 Å². The van der Waals surface area contributed by atoms with E-state index in [4.69, 9.17) is 0 Å². The molecule has 7 nitrogen and oxygen atoms in total. The molecule has 0 spiro atoms. The molecular weight excluding hydrogens is 302 g/mol. The predicted octanol–water partition coefficient (Wildman–Crippen LogP) is 0.845. The first-order valence-electron chi connectivity index (χ1n) is 7.29. The maximum Gasteiger partial charge on any atom is 0.178 e. The number of rotatable bonds is 4. The number of aryl methyl sites for hydroxylation is 2. The Balaban J connectivity index is 1.75. The second-order valence-electron chi connectivity index (χ2n) is 6.04. The highest BCUT2D eigenvalue weighted by Crippen LogP contribution is 2.31. The highest BCUT2D eigenvalue weighted by Gasteiger charge is 2.30. The average Bonchev–Trinajstić information content (AvgIpc) is 3.13. The summed E-state index contributed by atoms with van der Waals surface area (Å²) in [7, 11) is -1.28. The van der Waals surface area contributed by atoms with Crippen molar-refractivity contribution in [3.8, 4) is 0 Å². The Morgan fingerprint density at radius 1 is 1.41 bits per heavy atom. The Bertz CT molecular complexity index is 758. The summed E-state index contributed by atoms with van der Waals surface area (Å²) in [5.41, 5.74) is 3.13. The number of nitrogens with one attached hydrogen (secondary N) is 1. The van der Waals surface area contributed by atoms with E-state index in [1.807, 2.05) is 17.9 Å². The van der Waals surface area contributed by atoms with Gasteiger partial charge in [0.2, 0.25) is 0 Å². The van der Waals surface area contributed by atoms with E-state index >= 15 is 0 Å². The minimum atomic E-state index is -3.23. The molecule has 0 amide bonds. The molecule has 22 heavy (non-hydrogen) atoms. The van der Waals surface area contributed by atoms with Gasteiger partial charge in [-0.2, -0.15) is 10.2 Å². The Hall–Kier alpha value is -1.67. The second-order valence-corrected chi connectivity index (χ2v) is 8.02. The van der Waals surface area contributed by atoms with Crippen molar-refractivity contribution in [1.82, 2.24) is 24.9 Å². The molecule has 1 aliphatic rings. The van der Waals surface area contributed by atoms with Gasteiger partial charge < -0.3 is 0 Å². The first-order valence-corrected chi connectivity index (χ1v) is 9.18. The number of hydrogen-bond donors (Lipinski definition) is 1. The van der Waals surface area contributed by atoms with Crippen LogP contribution in [0.25, 0.3) is 0 Å². The van der Waals surface area contributed by atoms with Crippen molar-refractivity contribution in [3.63, 3.8) is 0 Å². The van der Waals surface area contributed by atoms with Gasteiger partial charge in [0, 0.05) is 32.3 Å². The minimum Gasteiger partial charge on any atom is -0.297 e. The minimum absolute atomic E-state index is 0.181. The molecule has 0 radical (unpaired) electrons. The summed E-state index contributed by atoms with van der Waals surface area (Å²) >= 11 is 0. The molecule has 0 saturated carbocycles. The van der Waals surface area contributed by atoms with Crippen molar-refractivity contribution in [2.45, 2.75) is 30.7 Å². The number of sulfone groups is 1. The van der Waals surface area contributed by atoms with Gasteiger partial charge in [0.05, 0.1) is 23.8 Å². The van der Waals surface area contributed by atoms with Gasteiger partial charge in [-0.05, 0) is 25.5 Å². The number of likely N-dealkylation sites (tertiary alicyclic amines) is 1. The molecule has 0 bridgehead atoms. The van der Waals surface area contributed by atoms with Crippen molar-refractivity contribution in [2.75, 3.05) is 19.3 Å². The van der Waals surface area contributed by atoms with Crippen LogP contribution in [0.5, 0.6) is 0 Å². The number of aromatic amines is 1. The van der Waals surface area contributed by atoms with E-state index < -0.39 is 9.84 Å². The molecule has 2 aromatic rings. The molecule has 1 saturated heterocycles. The molecule has 0 aromatic carbocycles. The van der Waals surface area contributed by atoms with Crippen molar-refractivity contribution in [2.24, 2.45) is 7.05 Å². The zero-order valence-electron chi connectivity index (χ0n) is 13.1. The zero-order chi connectivity index (χ0) is 15.9. The van der Waals surface area contributed by atoms with Crippen LogP contribution in [0.15, 0.2) is 17.3 Å². The lowest BCUT2D eigenvalue weighted by Crippen LogP contribution is -2.22. The van der Waals surface area contributed by atoms with E-state index in [1.54, 1.807) is 0 Å². The van der Waals surface area contributed by atoms with E-state index in [9.17, 15) is 8.42 Å². The van der Waals surface area contributed by atoms with Crippen LogP contribution in [0.1, 0.15) is 29.3 Å². The van der Waals surface area contributed by atoms with E-state index in [0.717, 1.165) is 31.7 Å². The molecule has 1 N–H and O–H groups in total. The second kappa shape index (κ2) is 5.51. The molecular formula is C14H21N5O2S. The quantitative estimate of drug-likeness (QED) is 0.901. The molecule has 3 heterocycles. The topological polar surface area (TPSA) is 83.9 Å².